The molecule has 0 aromatic carbocycles. The highest BCUT2D eigenvalue weighted by Gasteiger charge is 2.46. The van der Waals surface area contributed by atoms with Crippen LogP contribution in [0, 0.1) is 11.8 Å². The summed E-state index contributed by atoms with van der Waals surface area (Å²) in [5.41, 5.74) is 0. The molecule has 68 valence electrons. The summed E-state index contributed by atoms with van der Waals surface area (Å²) in [6, 6.07) is 2.01. The van der Waals surface area contributed by atoms with Gasteiger partial charge in [-0.1, -0.05) is 6.92 Å². The molecule has 2 aliphatic heterocycles. The molecular formula is C11H19N. The summed E-state index contributed by atoms with van der Waals surface area (Å²) < 4.78 is 0. The van der Waals surface area contributed by atoms with Crippen molar-refractivity contribution in [3.05, 3.63) is 0 Å². The van der Waals surface area contributed by atoms with E-state index in [1.165, 1.54) is 38.6 Å². The topological polar surface area (TPSA) is 3.24 Å². The number of nitrogens with zero attached hydrogens (tertiary/aromatic N) is 1. The van der Waals surface area contributed by atoms with Gasteiger partial charge in [0.1, 0.15) is 0 Å². The zero-order valence-corrected chi connectivity index (χ0v) is 8.00. The molecule has 1 saturated carbocycles. The molecule has 1 heteroatoms. The van der Waals surface area contributed by atoms with Gasteiger partial charge in [-0.05, 0) is 50.5 Å². The van der Waals surface area contributed by atoms with E-state index in [-0.39, 0.29) is 0 Å². The molecule has 12 heavy (non-hydrogen) atoms. The monoisotopic (exact) mass is 165 g/mol. The van der Waals surface area contributed by atoms with Gasteiger partial charge in [-0.3, -0.25) is 4.90 Å². The Hall–Kier alpha value is -0.0400. The van der Waals surface area contributed by atoms with Crippen molar-refractivity contribution < 1.29 is 0 Å². The summed E-state index contributed by atoms with van der Waals surface area (Å²) in [4.78, 5) is 2.83. The Bertz CT molecular complexity index is 167. The Morgan fingerprint density at radius 3 is 3.00 bits per heavy atom. The van der Waals surface area contributed by atoms with Gasteiger partial charge in [0.2, 0.25) is 0 Å². The van der Waals surface area contributed by atoms with Crippen LogP contribution in [0.15, 0.2) is 0 Å². The quantitative estimate of drug-likeness (QED) is 0.532. The first-order chi connectivity index (χ1) is 5.84. The van der Waals surface area contributed by atoms with Crippen molar-refractivity contribution in [3.8, 4) is 0 Å². The van der Waals surface area contributed by atoms with E-state index in [0.29, 0.717) is 0 Å². The summed E-state index contributed by atoms with van der Waals surface area (Å²) in [5, 5.41) is 0. The van der Waals surface area contributed by atoms with Crippen LogP contribution >= 0.6 is 0 Å². The SMILES string of the molecule is CC1CC2CC(C1)N1CCCC21. The van der Waals surface area contributed by atoms with E-state index in [9.17, 15) is 0 Å². The van der Waals surface area contributed by atoms with E-state index >= 15 is 0 Å². The molecule has 0 radical (unpaired) electrons. The van der Waals surface area contributed by atoms with Gasteiger partial charge in [0, 0.05) is 12.1 Å². The first kappa shape index (κ1) is 7.37. The standard InChI is InChI=1S/C11H19N/c1-8-5-9-7-10(6-8)12-4-2-3-11(9)12/h8-11H,2-7H2,1H3. The Kier molecular flexibility index (Phi) is 1.52. The molecule has 0 amide bonds. The van der Waals surface area contributed by atoms with Crippen LogP contribution in [0.2, 0.25) is 0 Å². The average Bonchev–Trinajstić information content (AvgIpc) is 2.56. The molecule has 1 aliphatic carbocycles. The highest BCUT2D eigenvalue weighted by atomic mass is 15.2. The van der Waals surface area contributed by atoms with Gasteiger partial charge >= 0.3 is 0 Å². The average molecular weight is 165 g/mol. The molecule has 2 saturated heterocycles. The van der Waals surface area contributed by atoms with Crippen molar-refractivity contribution in [2.45, 2.75) is 51.1 Å². The third-order valence-corrected chi connectivity index (χ3v) is 4.31. The normalized spacial score (nSPS) is 52.8. The number of hydrogen-bond donors (Lipinski definition) is 0. The Morgan fingerprint density at radius 2 is 2.08 bits per heavy atom. The van der Waals surface area contributed by atoms with Gasteiger partial charge in [-0.25, -0.2) is 0 Å². The maximum atomic E-state index is 2.83. The summed E-state index contributed by atoms with van der Waals surface area (Å²) in [6.45, 7) is 3.86. The fourth-order valence-corrected chi connectivity index (χ4v) is 3.98. The highest BCUT2D eigenvalue weighted by Crippen LogP contribution is 2.46. The van der Waals surface area contributed by atoms with Crippen molar-refractivity contribution in [3.63, 3.8) is 0 Å². The van der Waals surface area contributed by atoms with Gasteiger partial charge in [0.05, 0.1) is 0 Å². The van der Waals surface area contributed by atoms with E-state index in [4.69, 9.17) is 0 Å². The predicted octanol–water partition coefficient (Wildman–Crippen LogP) is 2.27. The second-order valence-electron chi connectivity index (χ2n) is 5.17. The number of fused-ring (bicyclic) bond motifs is 5. The molecule has 4 unspecified atom stereocenters. The fraction of sp³-hybridized carbons (Fsp3) is 1.00. The molecule has 0 aromatic heterocycles. The number of rotatable bonds is 0. The van der Waals surface area contributed by atoms with Crippen LogP contribution in [0.25, 0.3) is 0 Å². The van der Waals surface area contributed by atoms with E-state index in [1.807, 2.05) is 0 Å². The van der Waals surface area contributed by atoms with E-state index in [1.54, 1.807) is 0 Å². The van der Waals surface area contributed by atoms with Crippen LogP contribution in [-0.2, 0) is 0 Å². The van der Waals surface area contributed by atoms with Gasteiger partial charge in [0.15, 0.2) is 0 Å². The summed E-state index contributed by atoms with van der Waals surface area (Å²) in [5.74, 6) is 2.10. The van der Waals surface area contributed by atoms with E-state index < -0.39 is 0 Å². The van der Waals surface area contributed by atoms with Crippen LogP contribution < -0.4 is 0 Å². The maximum Gasteiger partial charge on any atom is 0.0128 e. The molecular weight excluding hydrogens is 146 g/mol. The summed E-state index contributed by atoms with van der Waals surface area (Å²) >= 11 is 0. The van der Waals surface area contributed by atoms with Gasteiger partial charge < -0.3 is 0 Å². The van der Waals surface area contributed by atoms with Crippen LogP contribution in [0.3, 0.4) is 0 Å². The lowest BCUT2D eigenvalue weighted by Gasteiger charge is -2.26. The zero-order valence-electron chi connectivity index (χ0n) is 8.00. The first-order valence-corrected chi connectivity index (χ1v) is 5.60. The minimum absolute atomic E-state index is 0.992. The van der Waals surface area contributed by atoms with E-state index in [2.05, 4.69) is 11.8 Å². The summed E-state index contributed by atoms with van der Waals surface area (Å²) in [6.07, 6.45) is 7.54. The van der Waals surface area contributed by atoms with Crippen molar-refractivity contribution in [1.29, 1.82) is 0 Å². The lowest BCUT2D eigenvalue weighted by Crippen LogP contribution is -2.31. The van der Waals surface area contributed by atoms with Crippen LogP contribution in [0.1, 0.15) is 39.0 Å². The Morgan fingerprint density at radius 1 is 1.17 bits per heavy atom. The summed E-state index contributed by atoms with van der Waals surface area (Å²) in [7, 11) is 0. The van der Waals surface area contributed by atoms with E-state index in [0.717, 1.165) is 23.9 Å². The smallest absolute Gasteiger partial charge is 0.0128 e. The number of hydrogen-bond acceptors (Lipinski definition) is 1. The van der Waals surface area contributed by atoms with Gasteiger partial charge in [-0.15, -0.1) is 0 Å². The minimum Gasteiger partial charge on any atom is -0.297 e. The molecule has 0 aromatic rings. The second kappa shape index (κ2) is 2.47. The molecule has 4 atom stereocenters. The molecule has 3 aliphatic rings. The lowest BCUT2D eigenvalue weighted by molar-refractivity contribution is 0.227. The van der Waals surface area contributed by atoms with Gasteiger partial charge in [0.25, 0.3) is 0 Å². The van der Waals surface area contributed by atoms with Crippen molar-refractivity contribution in [2.75, 3.05) is 6.54 Å². The molecule has 2 heterocycles. The van der Waals surface area contributed by atoms with Crippen LogP contribution in [0.4, 0.5) is 0 Å². The maximum absolute atomic E-state index is 2.83. The van der Waals surface area contributed by atoms with Crippen molar-refractivity contribution in [2.24, 2.45) is 11.8 Å². The molecule has 1 nitrogen and oxygen atoms in total. The van der Waals surface area contributed by atoms with Crippen molar-refractivity contribution in [1.82, 2.24) is 4.90 Å². The molecule has 0 spiro atoms. The third-order valence-electron chi connectivity index (χ3n) is 4.31. The fourth-order valence-electron chi connectivity index (χ4n) is 3.98. The Balaban J connectivity index is 1.86. The first-order valence-electron chi connectivity index (χ1n) is 5.60. The Labute approximate surface area is 75.1 Å². The molecule has 2 bridgehead atoms. The van der Waals surface area contributed by atoms with Gasteiger partial charge in [-0.2, -0.15) is 0 Å². The largest absolute Gasteiger partial charge is 0.297 e. The zero-order chi connectivity index (χ0) is 8.13. The third kappa shape index (κ3) is 0.891. The molecule has 3 rings (SSSR count). The van der Waals surface area contributed by atoms with Crippen LogP contribution in [0.5, 0.6) is 0 Å². The van der Waals surface area contributed by atoms with Crippen molar-refractivity contribution >= 4 is 0 Å². The lowest BCUT2D eigenvalue weighted by atomic mass is 9.80. The molecule has 3 fully saturated rings. The second-order valence-corrected chi connectivity index (χ2v) is 5.17. The van der Waals surface area contributed by atoms with Crippen LogP contribution in [-0.4, -0.2) is 23.5 Å². The highest BCUT2D eigenvalue weighted by molar-refractivity contribution is 5.01. The minimum atomic E-state index is 0.992. The predicted molar refractivity (Wildman–Crippen MR) is 50.0 cm³/mol. The molecule has 0 N–H and O–H groups in total.